The van der Waals surface area contributed by atoms with Gasteiger partial charge in [-0.15, -0.1) is 0 Å². The van der Waals surface area contributed by atoms with E-state index in [1.807, 2.05) is 0 Å². The molecule has 0 saturated carbocycles. The van der Waals surface area contributed by atoms with Gasteiger partial charge in [0, 0.05) is 0 Å². The fraction of sp³-hybridized carbons (Fsp3) is 0.727. The Kier molecular flexibility index (Phi) is 17.8. The van der Waals surface area contributed by atoms with E-state index in [4.69, 9.17) is 9.92 Å². The van der Waals surface area contributed by atoms with Crippen molar-refractivity contribution in [2.45, 2.75) is 95.8 Å². The lowest BCUT2D eigenvalue weighted by Gasteiger charge is -2.05. The van der Waals surface area contributed by atoms with E-state index in [2.05, 4.69) is 13.8 Å². The molecule has 0 heterocycles. The zero-order valence-corrected chi connectivity index (χ0v) is 18.3. The molecule has 0 aromatic heterocycles. The highest BCUT2D eigenvalue weighted by Crippen LogP contribution is 2.13. The van der Waals surface area contributed by atoms with E-state index < -0.39 is 10.1 Å². The standard InChI is InChI=1S/C18H30O3S.C4H11N/c1-2-3-4-5-6-7-8-9-10-14-17-21-22(19,20)18-15-12-11-13-16-18;1-2-3-4-5/h11-13,15-16H,2-10,14,17H2,1H3;2-5H2,1H3. The molecule has 0 bridgehead atoms. The Morgan fingerprint density at radius 3 is 1.67 bits per heavy atom. The fourth-order valence-electron chi connectivity index (χ4n) is 2.62. The average Bonchev–Trinajstić information content (AvgIpc) is 2.68. The van der Waals surface area contributed by atoms with Crippen LogP contribution < -0.4 is 5.73 Å². The highest BCUT2D eigenvalue weighted by molar-refractivity contribution is 7.86. The molecule has 5 heteroatoms. The Hall–Kier alpha value is -0.910. The van der Waals surface area contributed by atoms with Crippen LogP contribution in [-0.4, -0.2) is 21.6 Å². The van der Waals surface area contributed by atoms with Gasteiger partial charge in [-0.05, 0) is 31.5 Å². The molecule has 0 aliphatic rings. The third kappa shape index (κ3) is 15.8. The van der Waals surface area contributed by atoms with Crippen LogP contribution in [0.15, 0.2) is 35.2 Å². The number of unbranched alkanes of at least 4 members (excludes halogenated alkanes) is 10. The topological polar surface area (TPSA) is 69.4 Å². The Labute approximate surface area is 168 Å². The molecule has 0 saturated heterocycles. The number of hydrogen-bond acceptors (Lipinski definition) is 4. The van der Waals surface area contributed by atoms with Crippen molar-refractivity contribution < 1.29 is 12.6 Å². The summed E-state index contributed by atoms with van der Waals surface area (Å²) in [7, 11) is -3.57. The highest BCUT2D eigenvalue weighted by atomic mass is 32.2. The van der Waals surface area contributed by atoms with Gasteiger partial charge in [0.05, 0.1) is 11.5 Å². The van der Waals surface area contributed by atoms with Crippen LogP contribution >= 0.6 is 0 Å². The summed E-state index contributed by atoms with van der Waals surface area (Å²) in [6, 6.07) is 8.33. The van der Waals surface area contributed by atoms with Gasteiger partial charge in [-0.2, -0.15) is 8.42 Å². The highest BCUT2D eigenvalue weighted by Gasteiger charge is 2.13. The molecule has 0 radical (unpaired) electrons. The van der Waals surface area contributed by atoms with Crippen molar-refractivity contribution in [3.63, 3.8) is 0 Å². The maximum Gasteiger partial charge on any atom is 0.296 e. The quantitative estimate of drug-likeness (QED) is 0.287. The maximum absolute atomic E-state index is 11.9. The fourth-order valence-corrected chi connectivity index (χ4v) is 3.58. The number of rotatable bonds is 15. The Bertz CT molecular complexity index is 516. The van der Waals surface area contributed by atoms with Crippen LogP contribution in [0.1, 0.15) is 90.9 Å². The number of benzene rings is 1. The van der Waals surface area contributed by atoms with E-state index in [0.29, 0.717) is 0 Å². The van der Waals surface area contributed by atoms with Gasteiger partial charge < -0.3 is 5.73 Å². The summed E-state index contributed by atoms with van der Waals surface area (Å²) < 4.78 is 28.8. The SMILES string of the molecule is CCCCCCCCCCCCOS(=O)(=O)c1ccccc1.CCCCN. The molecule has 27 heavy (non-hydrogen) atoms. The normalized spacial score (nSPS) is 11.1. The third-order valence-electron chi connectivity index (χ3n) is 4.33. The molecule has 0 unspecified atom stereocenters. The van der Waals surface area contributed by atoms with Gasteiger partial charge in [0.1, 0.15) is 0 Å². The van der Waals surface area contributed by atoms with Crippen LogP contribution in [0, 0.1) is 0 Å². The molecule has 158 valence electrons. The molecule has 2 N–H and O–H groups in total. The van der Waals surface area contributed by atoms with Crippen molar-refractivity contribution in [2.75, 3.05) is 13.2 Å². The van der Waals surface area contributed by atoms with E-state index in [1.165, 1.54) is 64.2 Å². The van der Waals surface area contributed by atoms with E-state index in [1.54, 1.807) is 30.3 Å². The minimum absolute atomic E-state index is 0.238. The second-order valence-electron chi connectivity index (χ2n) is 6.91. The zero-order valence-electron chi connectivity index (χ0n) is 17.5. The molecule has 0 aliphatic carbocycles. The second kappa shape index (κ2) is 18.5. The molecule has 0 amide bonds. The first-order chi connectivity index (χ1) is 13.1. The third-order valence-corrected chi connectivity index (χ3v) is 5.65. The lowest BCUT2D eigenvalue weighted by atomic mass is 10.1. The lowest BCUT2D eigenvalue weighted by Crippen LogP contribution is -2.07. The predicted octanol–water partition coefficient (Wildman–Crippen LogP) is 6.06. The van der Waals surface area contributed by atoms with Crippen molar-refractivity contribution in [2.24, 2.45) is 5.73 Å². The monoisotopic (exact) mass is 399 g/mol. The van der Waals surface area contributed by atoms with E-state index in [-0.39, 0.29) is 11.5 Å². The second-order valence-corrected chi connectivity index (χ2v) is 8.53. The minimum atomic E-state index is -3.57. The molecule has 0 atom stereocenters. The summed E-state index contributed by atoms with van der Waals surface area (Å²) in [5, 5.41) is 0. The van der Waals surface area contributed by atoms with Crippen molar-refractivity contribution >= 4 is 10.1 Å². The molecular weight excluding hydrogens is 358 g/mol. The Morgan fingerprint density at radius 1 is 0.741 bits per heavy atom. The molecule has 0 aliphatic heterocycles. The molecule has 1 rings (SSSR count). The molecule has 1 aromatic rings. The Morgan fingerprint density at radius 2 is 1.22 bits per heavy atom. The molecule has 0 spiro atoms. The van der Waals surface area contributed by atoms with Gasteiger partial charge in [0.15, 0.2) is 0 Å². The first-order valence-electron chi connectivity index (χ1n) is 10.7. The lowest BCUT2D eigenvalue weighted by molar-refractivity contribution is 0.306. The van der Waals surface area contributed by atoms with Gasteiger partial charge in [-0.1, -0.05) is 96.3 Å². The number of nitrogens with two attached hydrogens (primary N) is 1. The molecule has 0 fully saturated rings. The van der Waals surface area contributed by atoms with Crippen LogP contribution in [-0.2, 0) is 14.3 Å². The van der Waals surface area contributed by atoms with Gasteiger partial charge in [0.25, 0.3) is 10.1 Å². The van der Waals surface area contributed by atoms with Crippen molar-refractivity contribution in [3.8, 4) is 0 Å². The first-order valence-corrected chi connectivity index (χ1v) is 12.1. The number of hydrogen-bond donors (Lipinski definition) is 1. The summed E-state index contributed by atoms with van der Waals surface area (Å²) in [5.41, 5.74) is 5.14. The summed E-state index contributed by atoms with van der Waals surface area (Å²) >= 11 is 0. The summed E-state index contributed by atoms with van der Waals surface area (Å²) in [6.07, 6.45) is 14.6. The summed E-state index contributed by atoms with van der Waals surface area (Å²) in [6.45, 7) is 5.50. The van der Waals surface area contributed by atoms with Gasteiger partial charge in [-0.25, -0.2) is 0 Å². The van der Waals surface area contributed by atoms with E-state index in [9.17, 15) is 8.42 Å². The van der Waals surface area contributed by atoms with Crippen molar-refractivity contribution in [1.82, 2.24) is 0 Å². The first kappa shape index (κ1) is 26.1. The van der Waals surface area contributed by atoms with Crippen molar-refractivity contribution in [1.29, 1.82) is 0 Å². The molecule has 4 nitrogen and oxygen atoms in total. The summed E-state index contributed by atoms with van der Waals surface area (Å²) in [5.74, 6) is 0. The van der Waals surface area contributed by atoms with Crippen molar-refractivity contribution in [3.05, 3.63) is 30.3 Å². The molecular formula is C22H41NO3S. The minimum Gasteiger partial charge on any atom is -0.330 e. The van der Waals surface area contributed by atoms with E-state index in [0.717, 1.165) is 19.4 Å². The van der Waals surface area contributed by atoms with Crippen LogP contribution in [0.2, 0.25) is 0 Å². The van der Waals surface area contributed by atoms with E-state index >= 15 is 0 Å². The van der Waals surface area contributed by atoms with Gasteiger partial charge in [0.2, 0.25) is 0 Å². The van der Waals surface area contributed by atoms with Gasteiger partial charge >= 0.3 is 0 Å². The maximum atomic E-state index is 11.9. The average molecular weight is 400 g/mol. The van der Waals surface area contributed by atoms with Crippen LogP contribution in [0.3, 0.4) is 0 Å². The molecule has 1 aromatic carbocycles. The zero-order chi connectivity index (χ0) is 20.2. The summed E-state index contributed by atoms with van der Waals surface area (Å²) in [4.78, 5) is 0.238. The van der Waals surface area contributed by atoms with Crippen LogP contribution in [0.25, 0.3) is 0 Å². The van der Waals surface area contributed by atoms with Crippen LogP contribution in [0.5, 0.6) is 0 Å². The van der Waals surface area contributed by atoms with Gasteiger partial charge in [-0.3, -0.25) is 4.18 Å². The Balaban J connectivity index is 0.00000119. The predicted molar refractivity (Wildman–Crippen MR) is 115 cm³/mol. The largest absolute Gasteiger partial charge is 0.330 e. The smallest absolute Gasteiger partial charge is 0.296 e. The van der Waals surface area contributed by atoms with Crippen LogP contribution in [0.4, 0.5) is 0 Å².